The minimum atomic E-state index is -3.12. The van der Waals surface area contributed by atoms with Gasteiger partial charge in [-0.1, -0.05) is 13.8 Å². The van der Waals surface area contributed by atoms with E-state index in [1.54, 1.807) is 0 Å². The van der Waals surface area contributed by atoms with Gasteiger partial charge in [-0.2, -0.15) is 0 Å². The average Bonchev–Trinajstić information content (AvgIpc) is 2.42. The maximum Gasteiger partial charge on any atom is 0.407 e. The average molecular weight is 233 g/mol. The third-order valence-corrected chi connectivity index (χ3v) is 3.18. The molecular weight excluding hydrogens is 218 g/mol. The van der Waals surface area contributed by atoms with Crippen molar-refractivity contribution in [1.82, 2.24) is 5.32 Å². The number of nitrogens with one attached hydrogen (secondary N) is 1. The molecule has 1 atom stereocenters. The number of hydrogen-bond donors (Lipinski definition) is 1. The Bertz CT molecular complexity index is 358. The zero-order chi connectivity index (χ0) is 11.5. The van der Waals surface area contributed by atoms with Crippen LogP contribution in [-0.2, 0) is 14.6 Å². The molecule has 0 saturated carbocycles. The number of sulfone groups is 1. The molecule has 86 valence electrons. The maximum absolute atomic E-state index is 11.2. The van der Waals surface area contributed by atoms with Gasteiger partial charge in [0.05, 0.1) is 18.4 Å². The summed E-state index contributed by atoms with van der Waals surface area (Å²) < 4.78 is 26.9. The van der Waals surface area contributed by atoms with Gasteiger partial charge in [0.1, 0.15) is 0 Å². The Balaban J connectivity index is 2.32. The predicted molar refractivity (Wildman–Crippen MR) is 56.0 cm³/mol. The second kappa shape index (κ2) is 4.65. The SMILES string of the molecule is CC(C)COC(=O)N[C@@H]1C=CS(=O)(=O)C1. The Hall–Kier alpha value is -1.04. The van der Waals surface area contributed by atoms with Gasteiger partial charge in [-0.3, -0.25) is 0 Å². The predicted octanol–water partition coefficient (Wildman–Crippen LogP) is 0.679. The van der Waals surface area contributed by atoms with E-state index in [2.05, 4.69) is 5.32 Å². The summed E-state index contributed by atoms with van der Waals surface area (Å²) >= 11 is 0. The monoisotopic (exact) mass is 233 g/mol. The van der Waals surface area contributed by atoms with Crippen LogP contribution in [0.4, 0.5) is 4.79 Å². The molecule has 0 aromatic heterocycles. The largest absolute Gasteiger partial charge is 0.449 e. The van der Waals surface area contributed by atoms with Crippen LogP contribution < -0.4 is 5.32 Å². The molecule has 0 radical (unpaired) electrons. The standard InChI is InChI=1S/C9H15NO4S/c1-7(2)5-14-9(11)10-8-3-4-15(12,13)6-8/h3-4,7-8H,5-6H2,1-2H3,(H,10,11)/t8-/m1/s1. The van der Waals surface area contributed by atoms with Gasteiger partial charge in [-0.25, -0.2) is 13.2 Å². The van der Waals surface area contributed by atoms with Crippen molar-refractivity contribution in [2.75, 3.05) is 12.4 Å². The Kier molecular flexibility index (Phi) is 3.73. The molecule has 1 N–H and O–H groups in total. The molecule has 0 fully saturated rings. The molecule has 0 aliphatic carbocycles. The van der Waals surface area contributed by atoms with Crippen LogP contribution >= 0.6 is 0 Å². The summed E-state index contributed by atoms with van der Waals surface area (Å²) in [6.45, 7) is 4.18. The molecule has 5 nitrogen and oxygen atoms in total. The normalized spacial score (nSPS) is 23.0. The van der Waals surface area contributed by atoms with Crippen LogP contribution in [0.5, 0.6) is 0 Å². The van der Waals surface area contributed by atoms with E-state index in [-0.39, 0.29) is 11.7 Å². The molecule has 0 unspecified atom stereocenters. The molecule has 0 aromatic carbocycles. The molecule has 0 saturated heterocycles. The van der Waals surface area contributed by atoms with Gasteiger partial charge in [-0.15, -0.1) is 0 Å². The first-order valence-electron chi connectivity index (χ1n) is 4.73. The Morgan fingerprint density at radius 1 is 1.60 bits per heavy atom. The van der Waals surface area contributed by atoms with Crippen molar-refractivity contribution in [1.29, 1.82) is 0 Å². The smallest absolute Gasteiger partial charge is 0.407 e. The number of hydrogen-bond acceptors (Lipinski definition) is 4. The minimum Gasteiger partial charge on any atom is -0.449 e. The fourth-order valence-electron chi connectivity index (χ4n) is 1.10. The van der Waals surface area contributed by atoms with Gasteiger partial charge in [-0.05, 0) is 12.0 Å². The van der Waals surface area contributed by atoms with E-state index in [4.69, 9.17) is 4.74 Å². The number of alkyl carbamates (subject to hydrolysis) is 1. The van der Waals surface area contributed by atoms with Gasteiger partial charge in [0, 0.05) is 5.41 Å². The van der Waals surface area contributed by atoms with Crippen molar-refractivity contribution in [3.63, 3.8) is 0 Å². The van der Waals surface area contributed by atoms with Crippen LogP contribution in [-0.4, -0.2) is 32.9 Å². The lowest BCUT2D eigenvalue weighted by Crippen LogP contribution is -2.36. The highest BCUT2D eigenvalue weighted by Crippen LogP contribution is 2.07. The summed E-state index contributed by atoms with van der Waals surface area (Å²) in [5.74, 6) is 0.183. The molecular formula is C9H15NO4S. The van der Waals surface area contributed by atoms with E-state index in [9.17, 15) is 13.2 Å². The zero-order valence-corrected chi connectivity index (χ0v) is 9.58. The first-order valence-corrected chi connectivity index (χ1v) is 6.45. The molecule has 0 aromatic rings. The Labute approximate surface area is 89.4 Å². The first-order chi connectivity index (χ1) is 6.89. The summed E-state index contributed by atoms with van der Waals surface area (Å²) in [5, 5.41) is 3.57. The minimum absolute atomic E-state index is 0.0796. The second-order valence-corrected chi connectivity index (χ2v) is 5.83. The van der Waals surface area contributed by atoms with Crippen LogP contribution in [0.2, 0.25) is 0 Å². The molecule has 0 bridgehead atoms. The highest BCUT2D eigenvalue weighted by atomic mass is 32.2. The van der Waals surface area contributed by atoms with E-state index in [0.29, 0.717) is 6.61 Å². The second-order valence-electron chi connectivity index (χ2n) is 3.90. The zero-order valence-electron chi connectivity index (χ0n) is 8.76. The molecule has 0 spiro atoms. The summed E-state index contributed by atoms with van der Waals surface area (Å²) in [7, 11) is -3.12. The van der Waals surface area contributed by atoms with E-state index in [0.717, 1.165) is 5.41 Å². The van der Waals surface area contributed by atoms with Crippen LogP contribution in [0, 0.1) is 5.92 Å². The van der Waals surface area contributed by atoms with E-state index < -0.39 is 22.0 Å². The Morgan fingerprint density at radius 2 is 2.27 bits per heavy atom. The number of carbonyl (C=O) groups excluding carboxylic acids is 1. The van der Waals surface area contributed by atoms with Gasteiger partial charge >= 0.3 is 6.09 Å². The lowest BCUT2D eigenvalue weighted by atomic mass is 10.2. The summed E-state index contributed by atoms with van der Waals surface area (Å²) in [6, 6.07) is -0.463. The van der Waals surface area contributed by atoms with E-state index >= 15 is 0 Å². The number of amides is 1. The third kappa shape index (κ3) is 4.33. The van der Waals surface area contributed by atoms with Crippen molar-refractivity contribution in [2.45, 2.75) is 19.9 Å². The van der Waals surface area contributed by atoms with Crippen LogP contribution in [0.25, 0.3) is 0 Å². The van der Waals surface area contributed by atoms with E-state index in [1.165, 1.54) is 6.08 Å². The van der Waals surface area contributed by atoms with Crippen LogP contribution in [0.1, 0.15) is 13.8 Å². The molecule has 15 heavy (non-hydrogen) atoms. The van der Waals surface area contributed by atoms with Crippen LogP contribution in [0.15, 0.2) is 11.5 Å². The van der Waals surface area contributed by atoms with Crippen molar-refractivity contribution in [3.8, 4) is 0 Å². The number of ether oxygens (including phenoxy) is 1. The maximum atomic E-state index is 11.2. The van der Waals surface area contributed by atoms with Crippen molar-refractivity contribution < 1.29 is 17.9 Å². The quantitative estimate of drug-likeness (QED) is 0.778. The van der Waals surface area contributed by atoms with Crippen molar-refractivity contribution in [2.24, 2.45) is 5.92 Å². The summed E-state index contributed by atoms with van der Waals surface area (Å²) in [5.41, 5.74) is 0. The first kappa shape index (κ1) is 12.0. The number of carbonyl (C=O) groups is 1. The Morgan fingerprint density at radius 3 is 2.73 bits per heavy atom. The lowest BCUT2D eigenvalue weighted by molar-refractivity contribution is 0.131. The van der Waals surface area contributed by atoms with Crippen molar-refractivity contribution in [3.05, 3.63) is 11.5 Å². The molecule has 1 rings (SSSR count). The highest BCUT2D eigenvalue weighted by molar-refractivity contribution is 7.94. The highest BCUT2D eigenvalue weighted by Gasteiger charge is 2.23. The van der Waals surface area contributed by atoms with Gasteiger partial charge in [0.25, 0.3) is 0 Å². The molecule has 1 amide bonds. The summed E-state index contributed by atoms with van der Waals surface area (Å²) in [4.78, 5) is 11.2. The molecule has 6 heteroatoms. The third-order valence-electron chi connectivity index (χ3n) is 1.78. The summed E-state index contributed by atoms with van der Waals surface area (Å²) in [6.07, 6.45) is 0.877. The fourth-order valence-corrected chi connectivity index (χ4v) is 2.34. The molecule has 1 aliphatic heterocycles. The van der Waals surface area contributed by atoms with Crippen molar-refractivity contribution >= 4 is 15.9 Å². The topological polar surface area (TPSA) is 72.5 Å². The molecule has 1 heterocycles. The molecule has 1 aliphatic rings. The van der Waals surface area contributed by atoms with E-state index in [1.807, 2.05) is 13.8 Å². The van der Waals surface area contributed by atoms with Gasteiger partial charge in [0.2, 0.25) is 0 Å². The van der Waals surface area contributed by atoms with Gasteiger partial charge in [0.15, 0.2) is 9.84 Å². The lowest BCUT2D eigenvalue weighted by Gasteiger charge is -2.11. The number of rotatable bonds is 3. The fraction of sp³-hybridized carbons (Fsp3) is 0.667. The van der Waals surface area contributed by atoms with Gasteiger partial charge < -0.3 is 10.1 Å². The van der Waals surface area contributed by atoms with Crippen LogP contribution in [0.3, 0.4) is 0 Å².